The van der Waals surface area contributed by atoms with Gasteiger partial charge in [-0.05, 0) is 36.6 Å². The van der Waals surface area contributed by atoms with Crippen molar-refractivity contribution < 1.29 is 18.7 Å². The smallest absolute Gasteiger partial charge is 0.227 e. The number of benzene rings is 2. The minimum Gasteiger partial charge on any atom is -0.497 e. The van der Waals surface area contributed by atoms with Gasteiger partial charge in [-0.3, -0.25) is 4.79 Å². The number of ether oxygens (including phenoxy) is 2. The third-order valence-corrected chi connectivity index (χ3v) is 5.74. The topological polar surface area (TPSA) is 64.8 Å². The molecule has 0 unspecified atom stereocenters. The molecule has 0 bridgehead atoms. The molecule has 4 rings (SSSR count). The van der Waals surface area contributed by atoms with Crippen molar-refractivity contribution in [1.82, 2.24) is 9.88 Å². The molecule has 2 aromatic carbocycles. The number of nitrogens with zero attached hydrogens (tertiary/aromatic N) is 2. The molecule has 1 atom stereocenters. The van der Waals surface area contributed by atoms with Crippen molar-refractivity contribution in [1.29, 1.82) is 0 Å². The molecule has 1 aliphatic heterocycles. The van der Waals surface area contributed by atoms with Gasteiger partial charge in [-0.1, -0.05) is 30.3 Å². The van der Waals surface area contributed by atoms with Crippen LogP contribution in [-0.2, 0) is 17.6 Å². The Hall–Kier alpha value is -3.28. The predicted molar refractivity (Wildman–Crippen MR) is 118 cm³/mol. The zero-order valence-corrected chi connectivity index (χ0v) is 18.0. The summed E-state index contributed by atoms with van der Waals surface area (Å²) < 4.78 is 16.8. The first kappa shape index (κ1) is 21.0. The number of carbonyl (C=O) groups is 1. The lowest BCUT2D eigenvalue weighted by atomic mass is 9.97. The van der Waals surface area contributed by atoms with Crippen LogP contribution in [0, 0.1) is 0 Å². The molecule has 162 valence electrons. The van der Waals surface area contributed by atoms with Crippen molar-refractivity contribution in [3.05, 3.63) is 77.5 Å². The summed E-state index contributed by atoms with van der Waals surface area (Å²) in [7, 11) is 3.29. The lowest BCUT2D eigenvalue weighted by Crippen LogP contribution is -2.40. The Morgan fingerprint density at radius 2 is 2.03 bits per heavy atom. The molecule has 3 aromatic rings. The number of piperidine rings is 1. The average Bonchev–Trinajstić information content (AvgIpc) is 3.28. The van der Waals surface area contributed by atoms with E-state index in [9.17, 15) is 4.79 Å². The van der Waals surface area contributed by atoms with Crippen LogP contribution in [0.3, 0.4) is 0 Å². The summed E-state index contributed by atoms with van der Waals surface area (Å²) >= 11 is 0. The molecular formula is C25H28N2O4. The van der Waals surface area contributed by atoms with Crippen LogP contribution in [0.5, 0.6) is 11.5 Å². The van der Waals surface area contributed by atoms with Gasteiger partial charge < -0.3 is 18.8 Å². The van der Waals surface area contributed by atoms with Gasteiger partial charge in [0.2, 0.25) is 5.91 Å². The molecule has 0 radical (unpaired) electrons. The molecule has 1 saturated heterocycles. The number of para-hydroxylation sites is 1. The van der Waals surface area contributed by atoms with Gasteiger partial charge in [-0.2, -0.15) is 0 Å². The van der Waals surface area contributed by atoms with Crippen molar-refractivity contribution in [2.75, 3.05) is 27.3 Å². The van der Waals surface area contributed by atoms with Crippen LogP contribution in [-0.4, -0.2) is 43.1 Å². The van der Waals surface area contributed by atoms with Crippen LogP contribution >= 0.6 is 0 Å². The summed E-state index contributed by atoms with van der Waals surface area (Å²) in [5.74, 6) is 3.34. The number of aromatic nitrogens is 1. The third kappa shape index (κ3) is 5.08. The molecule has 1 fully saturated rings. The summed E-state index contributed by atoms with van der Waals surface area (Å²) in [5.41, 5.74) is 2.02. The van der Waals surface area contributed by atoms with Crippen LogP contribution < -0.4 is 9.47 Å². The number of methoxy groups -OCH3 is 2. The first-order valence-electron chi connectivity index (χ1n) is 10.6. The van der Waals surface area contributed by atoms with E-state index < -0.39 is 0 Å². The van der Waals surface area contributed by atoms with Gasteiger partial charge in [-0.25, -0.2) is 4.98 Å². The number of hydrogen-bond acceptors (Lipinski definition) is 5. The van der Waals surface area contributed by atoms with Gasteiger partial charge in [0.05, 0.1) is 32.8 Å². The minimum atomic E-state index is 0.109. The molecule has 1 aromatic heterocycles. The molecule has 31 heavy (non-hydrogen) atoms. The molecule has 0 spiro atoms. The number of rotatable bonds is 7. The van der Waals surface area contributed by atoms with Gasteiger partial charge in [0, 0.05) is 25.1 Å². The predicted octanol–water partition coefficient (Wildman–Crippen LogP) is 4.23. The van der Waals surface area contributed by atoms with Crippen molar-refractivity contribution >= 4 is 5.91 Å². The lowest BCUT2D eigenvalue weighted by Gasteiger charge is -2.31. The molecular weight excluding hydrogens is 392 g/mol. The normalized spacial score (nSPS) is 16.2. The highest BCUT2D eigenvalue weighted by Crippen LogP contribution is 2.28. The van der Waals surface area contributed by atoms with Gasteiger partial charge >= 0.3 is 0 Å². The monoisotopic (exact) mass is 420 g/mol. The maximum Gasteiger partial charge on any atom is 0.227 e. The second-order valence-electron chi connectivity index (χ2n) is 7.86. The van der Waals surface area contributed by atoms with E-state index in [4.69, 9.17) is 13.9 Å². The summed E-state index contributed by atoms with van der Waals surface area (Å²) in [6.45, 7) is 1.40. The van der Waals surface area contributed by atoms with E-state index >= 15 is 0 Å². The van der Waals surface area contributed by atoms with Crippen LogP contribution in [0.2, 0.25) is 0 Å². The fourth-order valence-corrected chi connectivity index (χ4v) is 4.11. The number of oxazole rings is 1. The van der Waals surface area contributed by atoms with Crippen LogP contribution in [0.25, 0.3) is 0 Å². The fourth-order valence-electron chi connectivity index (χ4n) is 4.11. The number of amides is 1. The Morgan fingerprint density at radius 3 is 2.87 bits per heavy atom. The minimum absolute atomic E-state index is 0.109. The second kappa shape index (κ2) is 9.69. The van der Waals surface area contributed by atoms with Gasteiger partial charge in [-0.15, -0.1) is 0 Å². The van der Waals surface area contributed by atoms with E-state index in [0.717, 1.165) is 47.8 Å². The molecule has 6 nitrogen and oxygen atoms in total. The van der Waals surface area contributed by atoms with Crippen LogP contribution in [0.4, 0.5) is 0 Å². The zero-order chi connectivity index (χ0) is 21.6. The Kier molecular flexibility index (Phi) is 6.55. The van der Waals surface area contributed by atoms with Gasteiger partial charge in [0.15, 0.2) is 5.89 Å². The maximum absolute atomic E-state index is 12.9. The van der Waals surface area contributed by atoms with E-state index in [-0.39, 0.29) is 11.8 Å². The standard InChI is InChI=1S/C25H28N2O4/c1-29-21-10-5-7-18(13-21)14-22-16-26-25(31-22)20-9-6-12-27(17-20)24(28)15-19-8-3-4-11-23(19)30-2/h3-5,7-8,10-11,13,16,20H,6,9,12,14-15,17H2,1-2H3/t20-/m1/s1. The molecule has 1 aliphatic rings. The molecule has 1 amide bonds. The average molecular weight is 421 g/mol. The third-order valence-electron chi connectivity index (χ3n) is 5.74. The van der Waals surface area contributed by atoms with Crippen molar-refractivity contribution in [2.24, 2.45) is 0 Å². The number of likely N-dealkylation sites (tertiary alicyclic amines) is 1. The Balaban J connectivity index is 1.40. The SMILES string of the molecule is COc1cccc(Cc2cnc([C@@H]3CCCN(C(=O)Cc4ccccc4OC)C3)o2)c1. The van der Waals surface area contributed by atoms with E-state index in [2.05, 4.69) is 4.98 Å². The molecule has 2 heterocycles. The Bertz CT molecular complexity index is 1030. The molecule has 6 heteroatoms. The quantitative estimate of drug-likeness (QED) is 0.572. The summed E-state index contributed by atoms with van der Waals surface area (Å²) in [5, 5.41) is 0. The van der Waals surface area contributed by atoms with Crippen LogP contribution in [0.1, 0.15) is 41.5 Å². The first-order valence-corrected chi connectivity index (χ1v) is 10.6. The first-order chi connectivity index (χ1) is 15.2. The molecule has 0 N–H and O–H groups in total. The summed E-state index contributed by atoms with van der Waals surface area (Å²) in [6.07, 6.45) is 4.70. The number of carbonyl (C=O) groups excluding carboxylic acids is 1. The van der Waals surface area contributed by atoms with E-state index in [1.807, 2.05) is 53.4 Å². The zero-order valence-electron chi connectivity index (χ0n) is 18.0. The van der Waals surface area contributed by atoms with E-state index in [0.29, 0.717) is 25.3 Å². The Morgan fingerprint density at radius 1 is 1.16 bits per heavy atom. The summed E-state index contributed by atoms with van der Waals surface area (Å²) in [4.78, 5) is 19.4. The van der Waals surface area contributed by atoms with Crippen LogP contribution in [0.15, 0.2) is 59.1 Å². The second-order valence-corrected chi connectivity index (χ2v) is 7.86. The van der Waals surface area contributed by atoms with Crippen molar-refractivity contribution in [3.63, 3.8) is 0 Å². The summed E-state index contributed by atoms with van der Waals surface area (Å²) in [6, 6.07) is 15.6. The molecule has 0 saturated carbocycles. The highest BCUT2D eigenvalue weighted by Gasteiger charge is 2.28. The van der Waals surface area contributed by atoms with Crippen molar-refractivity contribution in [3.8, 4) is 11.5 Å². The molecule has 0 aliphatic carbocycles. The van der Waals surface area contributed by atoms with E-state index in [1.165, 1.54) is 0 Å². The van der Waals surface area contributed by atoms with E-state index in [1.54, 1.807) is 20.4 Å². The fraction of sp³-hybridized carbons (Fsp3) is 0.360. The highest BCUT2D eigenvalue weighted by molar-refractivity contribution is 5.79. The van der Waals surface area contributed by atoms with Gasteiger partial charge in [0.25, 0.3) is 0 Å². The highest BCUT2D eigenvalue weighted by atomic mass is 16.5. The maximum atomic E-state index is 12.9. The van der Waals surface area contributed by atoms with Crippen molar-refractivity contribution in [2.45, 2.75) is 31.6 Å². The van der Waals surface area contributed by atoms with Gasteiger partial charge in [0.1, 0.15) is 17.3 Å². The Labute approximate surface area is 182 Å². The lowest BCUT2D eigenvalue weighted by molar-refractivity contribution is -0.131. The number of hydrogen-bond donors (Lipinski definition) is 0. The largest absolute Gasteiger partial charge is 0.497 e.